The fraction of sp³-hybridized carbons (Fsp3) is 0.385. The predicted octanol–water partition coefficient (Wildman–Crippen LogP) is 0.326. The third-order valence-corrected chi connectivity index (χ3v) is 2.43. The maximum Gasteiger partial charge on any atom is 0.237 e. The number of nitrogens with one attached hydrogen (secondary N) is 1. The number of amides is 2. The van der Waals surface area contributed by atoms with E-state index in [1.54, 1.807) is 0 Å². The number of primary amides is 1. The van der Waals surface area contributed by atoms with Crippen molar-refractivity contribution in [2.24, 2.45) is 11.5 Å². The maximum absolute atomic E-state index is 11.6. The van der Waals surface area contributed by atoms with Gasteiger partial charge in [-0.05, 0) is 24.6 Å². The first-order valence-corrected chi connectivity index (χ1v) is 6.06. The van der Waals surface area contributed by atoms with Crippen LogP contribution in [0.5, 0.6) is 5.75 Å². The summed E-state index contributed by atoms with van der Waals surface area (Å²) in [5, 5.41) is 2.65. The molecule has 0 aromatic heterocycles. The van der Waals surface area contributed by atoms with Gasteiger partial charge < -0.3 is 21.5 Å². The van der Waals surface area contributed by atoms with Gasteiger partial charge in [-0.25, -0.2) is 0 Å². The largest absolute Gasteiger partial charge is 0.494 e. The number of benzene rings is 1. The van der Waals surface area contributed by atoms with Crippen molar-refractivity contribution in [1.82, 2.24) is 5.32 Å². The molecule has 0 aliphatic rings. The SMILES string of the molecule is CCOc1cccc(CNC(=O)C(N)CC(N)=O)c1.Cl. The number of carbonyl (C=O) groups excluding carboxylic acids is 2. The smallest absolute Gasteiger partial charge is 0.237 e. The Bertz CT molecular complexity index is 454. The van der Waals surface area contributed by atoms with Crippen LogP contribution in [0.2, 0.25) is 0 Å². The molecule has 1 rings (SSSR count). The van der Waals surface area contributed by atoms with E-state index >= 15 is 0 Å². The number of halogens is 1. The van der Waals surface area contributed by atoms with E-state index in [2.05, 4.69) is 5.32 Å². The van der Waals surface area contributed by atoms with Crippen molar-refractivity contribution in [2.75, 3.05) is 6.61 Å². The van der Waals surface area contributed by atoms with Crippen LogP contribution >= 0.6 is 12.4 Å². The first-order chi connectivity index (χ1) is 9.02. The van der Waals surface area contributed by atoms with E-state index in [4.69, 9.17) is 16.2 Å². The van der Waals surface area contributed by atoms with Crippen LogP contribution in [0.1, 0.15) is 18.9 Å². The molecule has 1 atom stereocenters. The van der Waals surface area contributed by atoms with Crippen LogP contribution in [0.3, 0.4) is 0 Å². The lowest BCUT2D eigenvalue weighted by atomic mass is 10.2. The van der Waals surface area contributed by atoms with Gasteiger partial charge in [-0.2, -0.15) is 0 Å². The van der Waals surface area contributed by atoms with Gasteiger partial charge in [0.25, 0.3) is 0 Å². The van der Waals surface area contributed by atoms with Crippen LogP contribution in [0, 0.1) is 0 Å². The molecule has 7 heteroatoms. The fourth-order valence-electron chi connectivity index (χ4n) is 1.54. The Morgan fingerprint density at radius 3 is 2.70 bits per heavy atom. The standard InChI is InChI=1S/C13H19N3O3.ClH/c1-2-19-10-5-3-4-9(6-10)8-16-13(18)11(14)7-12(15)17;/h3-6,11H,2,7-8,14H2,1H3,(H2,15,17)(H,16,18);1H. The molecule has 0 aliphatic heterocycles. The van der Waals surface area contributed by atoms with Crippen molar-refractivity contribution >= 4 is 24.2 Å². The highest BCUT2D eigenvalue weighted by Crippen LogP contribution is 2.12. The summed E-state index contributed by atoms with van der Waals surface area (Å²) in [7, 11) is 0. The quantitative estimate of drug-likeness (QED) is 0.674. The monoisotopic (exact) mass is 301 g/mol. The third kappa shape index (κ3) is 6.40. The molecule has 0 radical (unpaired) electrons. The van der Waals surface area contributed by atoms with E-state index < -0.39 is 17.9 Å². The highest BCUT2D eigenvalue weighted by atomic mass is 35.5. The van der Waals surface area contributed by atoms with Crippen molar-refractivity contribution in [2.45, 2.75) is 25.9 Å². The van der Waals surface area contributed by atoms with Crippen LogP contribution in [0.25, 0.3) is 0 Å². The molecule has 1 aromatic carbocycles. The van der Waals surface area contributed by atoms with Gasteiger partial charge in [-0.1, -0.05) is 12.1 Å². The molecule has 0 spiro atoms. The summed E-state index contributed by atoms with van der Waals surface area (Å²) in [6.07, 6.45) is -0.162. The van der Waals surface area contributed by atoms with Gasteiger partial charge in [-0.15, -0.1) is 12.4 Å². The molecular formula is C13H20ClN3O3. The van der Waals surface area contributed by atoms with Crippen LogP contribution < -0.4 is 21.5 Å². The summed E-state index contributed by atoms with van der Waals surface area (Å²) in [5.41, 5.74) is 11.4. The normalized spacial score (nSPS) is 11.1. The van der Waals surface area contributed by atoms with Gasteiger partial charge in [0.1, 0.15) is 5.75 Å². The summed E-state index contributed by atoms with van der Waals surface area (Å²) >= 11 is 0. The summed E-state index contributed by atoms with van der Waals surface area (Å²) in [6, 6.07) is 6.47. The Kier molecular flexibility index (Phi) is 8.35. The molecule has 1 aromatic rings. The Morgan fingerprint density at radius 2 is 2.10 bits per heavy atom. The fourth-order valence-corrected chi connectivity index (χ4v) is 1.54. The topological polar surface area (TPSA) is 107 Å². The number of ether oxygens (including phenoxy) is 1. The molecule has 0 fully saturated rings. The second-order valence-corrected chi connectivity index (χ2v) is 4.08. The first kappa shape index (κ1) is 18.2. The molecule has 0 bridgehead atoms. The second-order valence-electron chi connectivity index (χ2n) is 4.08. The molecular weight excluding hydrogens is 282 g/mol. The molecule has 20 heavy (non-hydrogen) atoms. The zero-order valence-electron chi connectivity index (χ0n) is 11.3. The minimum absolute atomic E-state index is 0. The molecule has 112 valence electrons. The zero-order chi connectivity index (χ0) is 14.3. The average molecular weight is 302 g/mol. The summed E-state index contributed by atoms with van der Waals surface area (Å²) in [6.45, 7) is 2.81. The third-order valence-electron chi connectivity index (χ3n) is 2.43. The minimum atomic E-state index is -0.910. The van der Waals surface area contributed by atoms with Gasteiger partial charge in [0.15, 0.2) is 0 Å². The van der Waals surface area contributed by atoms with Gasteiger partial charge in [-0.3, -0.25) is 9.59 Å². The number of nitrogens with two attached hydrogens (primary N) is 2. The summed E-state index contributed by atoms with van der Waals surface area (Å²) in [4.78, 5) is 22.2. The van der Waals surface area contributed by atoms with E-state index in [9.17, 15) is 9.59 Å². The van der Waals surface area contributed by atoms with E-state index in [1.807, 2.05) is 31.2 Å². The first-order valence-electron chi connectivity index (χ1n) is 6.06. The molecule has 0 saturated carbocycles. The highest BCUT2D eigenvalue weighted by molar-refractivity contribution is 5.87. The van der Waals surface area contributed by atoms with Crippen molar-refractivity contribution in [3.8, 4) is 5.75 Å². The van der Waals surface area contributed by atoms with E-state index in [0.717, 1.165) is 11.3 Å². The lowest BCUT2D eigenvalue weighted by molar-refractivity contribution is -0.126. The molecule has 2 amide bonds. The maximum atomic E-state index is 11.6. The second kappa shape index (κ2) is 9.17. The van der Waals surface area contributed by atoms with Crippen LogP contribution in [0.4, 0.5) is 0 Å². The molecule has 5 N–H and O–H groups in total. The molecule has 1 unspecified atom stereocenters. The van der Waals surface area contributed by atoms with Gasteiger partial charge in [0.2, 0.25) is 11.8 Å². The van der Waals surface area contributed by atoms with Gasteiger partial charge in [0, 0.05) is 6.54 Å². The molecule has 6 nitrogen and oxygen atoms in total. The summed E-state index contributed by atoms with van der Waals surface area (Å²) < 4.78 is 5.35. The van der Waals surface area contributed by atoms with Crippen molar-refractivity contribution in [3.05, 3.63) is 29.8 Å². The van der Waals surface area contributed by atoms with E-state index in [1.165, 1.54) is 0 Å². The lowest BCUT2D eigenvalue weighted by Crippen LogP contribution is -2.42. The Morgan fingerprint density at radius 1 is 1.40 bits per heavy atom. The van der Waals surface area contributed by atoms with Gasteiger partial charge >= 0.3 is 0 Å². The highest BCUT2D eigenvalue weighted by Gasteiger charge is 2.15. The minimum Gasteiger partial charge on any atom is -0.494 e. The van der Waals surface area contributed by atoms with Crippen molar-refractivity contribution in [3.63, 3.8) is 0 Å². The van der Waals surface area contributed by atoms with Crippen LogP contribution in [-0.4, -0.2) is 24.5 Å². The predicted molar refractivity (Wildman–Crippen MR) is 78.5 cm³/mol. The lowest BCUT2D eigenvalue weighted by Gasteiger charge is -2.11. The average Bonchev–Trinajstić information content (AvgIpc) is 2.36. The van der Waals surface area contributed by atoms with E-state index in [-0.39, 0.29) is 18.8 Å². The number of carbonyl (C=O) groups is 2. The number of hydrogen-bond acceptors (Lipinski definition) is 4. The van der Waals surface area contributed by atoms with Crippen molar-refractivity contribution < 1.29 is 14.3 Å². The molecule has 0 saturated heterocycles. The van der Waals surface area contributed by atoms with Crippen LogP contribution in [0.15, 0.2) is 24.3 Å². The Labute approximate surface area is 124 Å². The van der Waals surface area contributed by atoms with Crippen molar-refractivity contribution in [1.29, 1.82) is 0 Å². The number of hydrogen-bond donors (Lipinski definition) is 3. The number of rotatable bonds is 7. The molecule has 0 aliphatic carbocycles. The van der Waals surface area contributed by atoms with Gasteiger partial charge in [0.05, 0.1) is 19.1 Å². The van der Waals surface area contributed by atoms with E-state index in [0.29, 0.717) is 13.2 Å². The molecule has 0 heterocycles. The Hall–Kier alpha value is -1.79. The zero-order valence-corrected chi connectivity index (χ0v) is 12.1. The Balaban J connectivity index is 0.00000361. The van der Waals surface area contributed by atoms with Crippen LogP contribution in [-0.2, 0) is 16.1 Å². The summed E-state index contributed by atoms with van der Waals surface area (Å²) in [5.74, 6) is -0.253.